The Morgan fingerprint density at radius 3 is 2.35 bits per heavy atom. The van der Waals surface area contributed by atoms with Crippen molar-refractivity contribution in [2.45, 2.75) is 26.2 Å². The monoisotopic (exact) mass is 352 g/mol. The Morgan fingerprint density at radius 1 is 1.15 bits per heavy atom. The third kappa shape index (κ3) is 2.49. The topological polar surface area (TPSA) is 57.7 Å². The lowest BCUT2D eigenvalue weighted by molar-refractivity contribution is -0.143. The number of hydrogen-bond acceptors (Lipinski definition) is 3. The SMILES string of the molecule is CC(C)c1cccc(N(C)C(=O)CN2C(=O)[C@H]3[C@H](C2=O)[C@H]2C=C[C@H]3C2)c1. The number of benzene rings is 1. The molecule has 0 N–H and O–H groups in total. The third-order valence-corrected chi connectivity index (χ3v) is 6.15. The Hall–Kier alpha value is -2.43. The van der Waals surface area contributed by atoms with Crippen molar-refractivity contribution in [3.63, 3.8) is 0 Å². The molecule has 136 valence electrons. The Balaban J connectivity index is 1.49. The van der Waals surface area contributed by atoms with Gasteiger partial charge in [-0.2, -0.15) is 0 Å². The van der Waals surface area contributed by atoms with Crippen LogP contribution in [-0.4, -0.2) is 36.2 Å². The minimum absolute atomic E-state index is 0.169. The summed E-state index contributed by atoms with van der Waals surface area (Å²) in [5.41, 5.74) is 1.93. The maximum atomic E-state index is 12.7. The summed E-state index contributed by atoms with van der Waals surface area (Å²) in [6, 6.07) is 7.81. The van der Waals surface area contributed by atoms with Gasteiger partial charge in [0.25, 0.3) is 0 Å². The van der Waals surface area contributed by atoms with Crippen LogP contribution in [0.1, 0.15) is 31.7 Å². The van der Waals surface area contributed by atoms with Crippen molar-refractivity contribution < 1.29 is 14.4 Å². The zero-order valence-corrected chi connectivity index (χ0v) is 15.4. The number of likely N-dealkylation sites (N-methyl/N-ethyl adjacent to an activating group) is 1. The molecule has 0 aromatic heterocycles. The van der Waals surface area contributed by atoms with Gasteiger partial charge in [-0.3, -0.25) is 19.3 Å². The van der Waals surface area contributed by atoms with Crippen LogP contribution in [0.4, 0.5) is 5.69 Å². The largest absolute Gasteiger partial charge is 0.314 e. The van der Waals surface area contributed by atoms with Crippen molar-refractivity contribution in [1.82, 2.24) is 4.90 Å². The maximum absolute atomic E-state index is 12.7. The van der Waals surface area contributed by atoms with E-state index in [9.17, 15) is 14.4 Å². The summed E-state index contributed by atoms with van der Waals surface area (Å²) in [7, 11) is 1.69. The Labute approximate surface area is 153 Å². The lowest BCUT2D eigenvalue weighted by atomic mass is 9.85. The number of rotatable bonds is 4. The van der Waals surface area contributed by atoms with Crippen molar-refractivity contribution >= 4 is 23.4 Å². The third-order valence-electron chi connectivity index (χ3n) is 6.15. The second kappa shape index (κ2) is 6.08. The molecular formula is C21H24N2O3. The van der Waals surface area contributed by atoms with Crippen molar-refractivity contribution in [1.29, 1.82) is 0 Å². The van der Waals surface area contributed by atoms with Crippen molar-refractivity contribution in [3.8, 4) is 0 Å². The molecule has 5 heteroatoms. The van der Waals surface area contributed by atoms with Gasteiger partial charge >= 0.3 is 0 Å². The summed E-state index contributed by atoms with van der Waals surface area (Å²) < 4.78 is 0. The molecule has 1 saturated heterocycles. The number of carbonyl (C=O) groups excluding carboxylic acids is 3. The maximum Gasteiger partial charge on any atom is 0.246 e. The molecule has 3 amide bonds. The van der Waals surface area contributed by atoms with Crippen LogP contribution in [0.15, 0.2) is 36.4 Å². The molecule has 2 fully saturated rings. The Kier molecular flexibility index (Phi) is 3.98. The van der Waals surface area contributed by atoms with E-state index < -0.39 is 0 Å². The standard InChI is InChI=1S/C21H24N2O3/c1-12(2)13-5-4-6-16(10-13)22(3)17(24)11-23-20(25)18-14-7-8-15(9-14)19(18)21(23)26/h4-8,10,12,14-15,18-19H,9,11H2,1-3H3/t14-,15-,18+,19+/m0/s1. The van der Waals surface area contributed by atoms with Crippen LogP contribution in [0.3, 0.4) is 0 Å². The van der Waals surface area contributed by atoms with E-state index in [0.29, 0.717) is 5.92 Å². The summed E-state index contributed by atoms with van der Waals surface area (Å²) in [4.78, 5) is 40.9. The predicted molar refractivity (Wildman–Crippen MR) is 98.4 cm³/mol. The van der Waals surface area contributed by atoms with Gasteiger partial charge in [-0.25, -0.2) is 0 Å². The average molecular weight is 352 g/mol. The van der Waals surface area contributed by atoms with Crippen LogP contribution in [0.2, 0.25) is 0 Å². The molecule has 0 spiro atoms. The lowest BCUT2D eigenvalue weighted by Crippen LogP contribution is -2.42. The second-order valence-electron chi connectivity index (χ2n) is 7.96. The van der Waals surface area contributed by atoms with Crippen molar-refractivity contribution in [2.24, 2.45) is 23.7 Å². The smallest absolute Gasteiger partial charge is 0.246 e. The van der Waals surface area contributed by atoms with Crippen LogP contribution in [0, 0.1) is 23.7 Å². The second-order valence-corrected chi connectivity index (χ2v) is 7.96. The molecule has 26 heavy (non-hydrogen) atoms. The molecule has 2 aliphatic carbocycles. The first-order valence-electron chi connectivity index (χ1n) is 9.28. The number of allylic oxidation sites excluding steroid dienone is 2. The van der Waals surface area contributed by atoms with E-state index in [1.165, 1.54) is 9.80 Å². The van der Waals surface area contributed by atoms with Gasteiger partial charge in [-0.1, -0.05) is 38.1 Å². The molecule has 4 atom stereocenters. The number of nitrogens with zero attached hydrogens (tertiary/aromatic N) is 2. The highest BCUT2D eigenvalue weighted by Gasteiger charge is 2.59. The molecule has 0 unspecified atom stereocenters. The summed E-state index contributed by atoms with van der Waals surface area (Å²) >= 11 is 0. The van der Waals surface area contributed by atoms with E-state index >= 15 is 0 Å². The normalized spacial score (nSPS) is 29.0. The minimum Gasteiger partial charge on any atom is -0.314 e. The van der Waals surface area contributed by atoms with E-state index in [1.54, 1.807) is 7.05 Å². The molecule has 1 saturated carbocycles. The fraction of sp³-hybridized carbons (Fsp3) is 0.476. The van der Waals surface area contributed by atoms with Crippen LogP contribution >= 0.6 is 0 Å². The minimum atomic E-state index is -0.250. The molecule has 1 heterocycles. The molecule has 4 rings (SSSR count). The number of amides is 3. The van der Waals surface area contributed by atoms with Gasteiger partial charge in [0.05, 0.1) is 11.8 Å². The van der Waals surface area contributed by atoms with E-state index in [-0.39, 0.29) is 47.9 Å². The quantitative estimate of drug-likeness (QED) is 0.618. The first kappa shape index (κ1) is 17.0. The van der Waals surface area contributed by atoms with Gasteiger partial charge in [-0.05, 0) is 41.9 Å². The highest BCUT2D eigenvalue weighted by molar-refractivity contribution is 6.09. The van der Waals surface area contributed by atoms with Crippen LogP contribution < -0.4 is 4.90 Å². The first-order valence-corrected chi connectivity index (χ1v) is 9.28. The summed E-state index contributed by atoms with van der Waals surface area (Å²) in [6.07, 6.45) is 5.02. The van der Waals surface area contributed by atoms with Gasteiger partial charge in [-0.15, -0.1) is 0 Å². The lowest BCUT2D eigenvalue weighted by Gasteiger charge is -2.22. The van der Waals surface area contributed by atoms with Gasteiger partial charge in [0, 0.05) is 12.7 Å². The van der Waals surface area contributed by atoms with E-state index in [1.807, 2.05) is 24.3 Å². The van der Waals surface area contributed by atoms with Gasteiger partial charge in [0.1, 0.15) is 6.54 Å². The van der Waals surface area contributed by atoms with Gasteiger partial charge in [0.15, 0.2) is 0 Å². The first-order chi connectivity index (χ1) is 12.4. The Bertz CT molecular complexity index is 783. The van der Waals surface area contributed by atoms with E-state index in [2.05, 4.69) is 26.0 Å². The van der Waals surface area contributed by atoms with Crippen LogP contribution in [0.5, 0.6) is 0 Å². The van der Waals surface area contributed by atoms with Crippen molar-refractivity contribution in [3.05, 3.63) is 42.0 Å². The Morgan fingerprint density at radius 2 is 1.77 bits per heavy atom. The number of carbonyl (C=O) groups is 3. The number of likely N-dealkylation sites (tertiary alicyclic amines) is 1. The van der Waals surface area contributed by atoms with Crippen LogP contribution in [0.25, 0.3) is 0 Å². The zero-order valence-electron chi connectivity index (χ0n) is 15.4. The van der Waals surface area contributed by atoms with Crippen LogP contribution in [-0.2, 0) is 14.4 Å². The highest BCUT2D eigenvalue weighted by Crippen LogP contribution is 2.52. The molecular weight excluding hydrogens is 328 g/mol. The molecule has 1 aliphatic heterocycles. The number of anilines is 1. The summed E-state index contributed by atoms with van der Waals surface area (Å²) in [5.74, 6) is -0.386. The number of fused-ring (bicyclic) bond motifs is 5. The molecule has 1 aromatic carbocycles. The molecule has 1 aromatic rings. The van der Waals surface area contributed by atoms with Gasteiger partial charge < -0.3 is 4.90 Å². The number of imide groups is 1. The van der Waals surface area contributed by atoms with E-state index in [4.69, 9.17) is 0 Å². The average Bonchev–Trinajstić information content (AvgIpc) is 3.31. The predicted octanol–water partition coefficient (Wildman–Crippen LogP) is 2.58. The summed E-state index contributed by atoms with van der Waals surface area (Å²) in [5, 5.41) is 0. The fourth-order valence-electron chi connectivity index (χ4n) is 4.60. The molecule has 0 radical (unpaired) electrons. The van der Waals surface area contributed by atoms with Crippen molar-refractivity contribution in [2.75, 3.05) is 18.5 Å². The zero-order chi connectivity index (χ0) is 18.6. The molecule has 2 bridgehead atoms. The molecule has 3 aliphatic rings. The van der Waals surface area contributed by atoms with Gasteiger partial charge in [0.2, 0.25) is 17.7 Å². The number of hydrogen-bond donors (Lipinski definition) is 0. The van der Waals surface area contributed by atoms with E-state index in [0.717, 1.165) is 17.7 Å². The highest BCUT2D eigenvalue weighted by atomic mass is 16.2. The fourth-order valence-corrected chi connectivity index (χ4v) is 4.60. The summed E-state index contributed by atoms with van der Waals surface area (Å²) in [6.45, 7) is 4.03. The molecule has 5 nitrogen and oxygen atoms in total.